The highest BCUT2D eigenvalue weighted by Gasteiger charge is 2.30. The lowest BCUT2D eigenvalue weighted by Gasteiger charge is -2.24. The Morgan fingerprint density at radius 3 is 2.63 bits per heavy atom. The van der Waals surface area contributed by atoms with Crippen LogP contribution in [0.1, 0.15) is 25.5 Å². The fourth-order valence-electron chi connectivity index (χ4n) is 1.93. The summed E-state index contributed by atoms with van der Waals surface area (Å²) in [7, 11) is -1.58. The van der Waals surface area contributed by atoms with Crippen LogP contribution >= 0.6 is 11.3 Å². The van der Waals surface area contributed by atoms with Gasteiger partial charge in [-0.05, 0) is 33.7 Å². The van der Waals surface area contributed by atoms with Crippen molar-refractivity contribution >= 4 is 21.4 Å². The number of hydrogen-bond donors (Lipinski definition) is 2. The minimum absolute atomic E-state index is 0.0822. The molecule has 2 rings (SSSR count). The highest BCUT2D eigenvalue weighted by Crippen LogP contribution is 2.26. The Bertz CT molecular complexity index is 601. The molecule has 1 aliphatic carbocycles. The number of thiazole rings is 1. The van der Waals surface area contributed by atoms with Gasteiger partial charge in [0, 0.05) is 24.3 Å². The maximum atomic E-state index is 12.1. The number of hydrogen-bond acceptors (Lipinski definition) is 5. The first-order chi connectivity index (χ1) is 8.81. The first-order valence-electron chi connectivity index (χ1n) is 6.22. The molecule has 1 aliphatic rings. The third kappa shape index (κ3) is 3.44. The van der Waals surface area contributed by atoms with Gasteiger partial charge in [-0.2, -0.15) is 0 Å². The van der Waals surface area contributed by atoms with Gasteiger partial charge in [-0.25, -0.2) is 13.1 Å². The predicted octanol–water partition coefficient (Wildman–Crippen LogP) is 0.506. The number of nitrogens with one attached hydrogen (secondary N) is 2. The molecule has 1 aromatic heterocycles. The monoisotopic (exact) mass is 305 g/mol. The average Bonchev–Trinajstić information content (AvgIpc) is 3.11. The molecule has 0 amide bonds. The second kappa shape index (κ2) is 5.35. The van der Waals surface area contributed by atoms with E-state index in [2.05, 4.69) is 14.6 Å². The summed E-state index contributed by atoms with van der Waals surface area (Å²) in [5, 5.41) is 0. The number of rotatable bonds is 6. The lowest BCUT2D eigenvalue weighted by Crippen LogP contribution is -2.41. The minimum Gasteiger partial charge on any atom is -0.315 e. The van der Waals surface area contributed by atoms with Crippen LogP contribution in [0.2, 0.25) is 0 Å². The fourth-order valence-corrected chi connectivity index (χ4v) is 4.39. The lowest BCUT2D eigenvalue weighted by atomic mass is 10.3. The summed E-state index contributed by atoms with van der Waals surface area (Å²) in [6, 6.07) is 0.725. The van der Waals surface area contributed by atoms with E-state index >= 15 is 0 Å². The normalized spacial score (nSPS) is 17.9. The first-order valence-corrected chi connectivity index (χ1v) is 8.52. The second-order valence-corrected chi connectivity index (χ2v) is 7.97. The molecule has 108 valence electrons. The molecule has 1 heterocycles. The van der Waals surface area contributed by atoms with Gasteiger partial charge in [0.15, 0.2) is 4.21 Å². The molecule has 0 bridgehead atoms. The molecule has 1 saturated carbocycles. The molecule has 1 atom stereocenters. The second-order valence-electron chi connectivity index (χ2n) is 5.02. The van der Waals surface area contributed by atoms with Gasteiger partial charge in [-0.15, -0.1) is 0 Å². The maximum absolute atomic E-state index is 12.1. The molecule has 8 heteroatoms. The Morgan fingerprint density at radius 2 is 2.16 bits per heavy atom. The average molecular weight is 305 g/mol. The van der Waals surface area contributed by atoms with Crippen LogP contribution in [-0.2, 0) is 10.0 Å². The number of aromatic amines is 1. The maximum Gasteiger partial charge on any atom is 0.305 e. The van der Waals surface area contributed by atoms with Crippen LogP contribution in [0, 0.1) is 6.92 Å². The van der Waals surface area contributed by atoms with Crippen molar-refractivity contribution in [3.05, 3.63) is 15.4 Å². The molecule has 0 radical (unpaired) electrons. The van der Waals surface area contributed by atoms with Crippen molar-refractivity contribution in [2.24, 2.45) is 0 Å². The highest BCUT2D eigenvalue weighted by atomic mass is 32.2. The van der Waals surface area contributed by atoms with E-state index in [-0.39, 0.29) is 15.1 Å². The Kier molecular flexibility index (Phi) is 4.14. The molecule has 19 heavy (non-hydrogen) atoms. The van der Waals surface area contributed by atoms with Crippen LogP contribution in [0.25, 0.3) is 0 Å². The van der Waals surface area contributed by atoms with Gasteiger partial charge in [-0.1, -0.05) is 11.3 Å². The predicted molar refractivity (Wildman–Crippen MR) is 75.1 cm³/mol. The molecule has 6 nitrogen and oxygen atoms in total. The number of aryl methyl sites for hydroxylation is 1. The number of sulfonamides is 1. The summed E-state index contributed by atoms with van der Waals surface area (Å²) in [5.41, 5.74) is 0.394. The number of H-pyrrole nitrogens is 1. The lowest BCUT2D eigenvalue weighted by molar-refractivity contribution is 0.248. The van der Waals surface area contributed by atoms with Crippen LogP contribution in [0.4, 0.5) is 0 Å². The topological polar surface area (TPSA) is 82.3 Å². The number of likely N-dealkylation sites (N-methyl/N-ethyl adjacent to an activating group) is 1. The zero-order valence-corrected chi connectivity index (χ0v) is 12.9. The van der Waals surface area contributed by atoms with Gasteiger partial charge in [0.1, 0.15) is 0 Å². The SMILES string of the molecule is Cc1[nH]c(=O)sc1S(=O)(=O)NCC(C)N(C)C1CC1. The van der Waals surface area contributed by atoms with Gasteiger partial charge in [-0.3, -0.25) is 9.69 Å². The van der Waals surface area contributed by atoms with E-state index in [1.807, 2.05) is 14.0 Å². The Morgan fingerprint density at radius 1 is 1.53 bits per heavy atom. The van der Waals surface area contributed by atoms with Crippen molar-refractivity contribution in [1.82, 2.24) is 14.6 Å². The van der Waals surface area contributed by atoms with Gasteiger partial charge in [0.05, 0.1) is 0 Å². The molecule has 0 spiro atoms. The van der Waals surface area contributed by atoms with Crippen molar-refractivity contribution in [3.63, 3.8) is 0 Å². The van der Waals surface area contributed by atoms with Gasteiger partial charge >= 0.3 is 4.87 Å². The summed E-state index contributed by atoms with van der Waals surface area (Å²) in [5.74, 6) is 0. The van der Waals surface area contributed by atoms with Crippen molar-refractivity contribution in [1.29, 1.82) is 0 Å². The van der Waals surface area contributed by atoms with Crippen LogP contribution < -0.4 is 9.60 Å². The van der Waals surface area contributed by atoms with E-state index in [9.17, 15) is 13.2 Å². The Labute approximate surface area is 116 Å². The van der Waals surface area contributed by atoms with Crippen LogP contribution in [0.3, 0.4) is 0 Å². The largest absolute Gasteiger partial charge is 0.315 e. The Hall–Kier alpha value is -0.700. The van der Waals surface area contributed by atoms with E-state index in [1.165, 1.54) is 12.8 Å². The van der Waals surface area contributed by atoms with Gasteiger partial charge in [0.2, 0.25) is 0 Å². The summed E-state index contributed by atoms with van der Waals surface area (Å²) >= 11 is 0.725. The standard InChI is InChI=1S/C11H19N3O3S2/c1-7(14(3)9-4-5-9)6-12-19(16,17)10-8(2)13-11(15)18-10/h7,9,12H,4-6H2,1-3H3,(H,13,15). The molecule has 2 N–H and O–H groups in total. The van der Waals surface area contributed by atoms with E-state index < -0.39 is 10.0 Å². The molecule has 0 aromatic carbocycles. The van der Waals surface area contributed by atoms with Crippen molar-refractivity contribution in [2.45, 2.75) is 43.0 Å². The zero-order valence-electron chi connectivity index (χ0n) is 11.3. The van der Waals surface area contributed by atoms with Crippen LogP contribution in [0.15, 0.2) is 9.00 Å². The molecule has 0 aliphatic heterocycles. The van der Waals surface area contributed by atoms with Crippen molar-refractivity contribution in [2.75, 3.05) is 13.6 Å². The minimum atomic E-state index is -3.59. The molecule has 1 aromatic rings. The third-order valence-corrected chi connectivity index (χ3v) is 6.44. The summed E-state index contributed by atoms with van der Waals surface area (Å²) in [6.45, 7) is 3.93. The van der Waals surface area contributed by atoms with Crippen LogP contribution in [0.5, 0.6) is 0 Å². The smallest absolute Gasteiger partial charge is 0.305 e. The highest BCUT2D eigenvalue weighted by molar-refractivity contribution is 7.91. The van der Waals surface area contributed by atoms with E-state index in [4.69, 9.17) is 0 Å². The van der Waals surface area contributed by atoms with E-state index in [1.54, 1.807) is 6.92 Å². The first kappa shape index (κ1) is 14.7. The third-order valence-electron chi connectivity index (χ3n) is 3.41. The quantitative estimate of drug-likeness (QED) is 0.802. The van der Waals surface area contributed by atoms with E-state index in [0.29, 0.717) is 18.3 Å². The summed E-state index contributed by atoms with van der Waals surface area (Å²) < 4.78 is 26.9. The van der Waals surface area contributed by atoms with Crippen molar-refractivity contribution < 1.29 is 8.42 Å². The van der Waals surface area contributed by atoms with Crippen molar-refractivity contribution in [3.8, 4) is 0 Å². The van der Waals surface area contributed by atoms with E-state index in [0.717, 1.165) is 11.3 Å². The molecule has 1 unspecified atom stereocenters. The fraction of sp³-hybridized carbons (Fsp3) is 0.727. The number of aromatic nitrogens is 1. The molecular weight excluding hydrogens is 286 g/mol. The molecular formula is C11H19N3O3S2. The van der Waals surface area contributed by atoms with Crippen LogP contribution in [-0.4, -0.2) is 44.0 Å². The number of nitrogens with zero attached hydrogens (tertiary/aromatic N) is 1. The van der Waals surface area contributed by atoms with Gasteiger partial charge < -0.3 is 4.98 Å². The summed E-state index contributed by atoms with van der Waals surface area (Å²) in [4.78, 5) is 15.5. The summed E-state index contributed by atoms with van der Waals surface area (Å²) in [6.07, 6.45) is 2.37. The Balaban J connectivity index is 2.01. The molecule has 1 fully saturated rings. The van der Waals surface area contributed by atoms with Gasteiger partial charge in [0.25, 0.3) is 10.0 Å². The molecule has 0 saturated heterocycles. The zero-order chi connectivity index (χ0) is 14.2.